The fourth-order valence-corrected chi connectivity index (χ4v) is 2.84. The summed E-state index contributed by atoms with van der Waals surface area (Å²) in [6.07, 6.45) is 0. The summed E-state index contributed by atoms with van der Waals surface area (Å²) < 4.78 is 31.3. The first-order valence-corrected chi connectivity index (χ1v) is 7.72. The van der Waals surface area contributed by atoms with E-state index in [4.69, 9.17) is 4.74 Å². The minimum atomic E-state index is -3.69. The van der Waals surface area contributed by atoms with Crippen molar-refractivity contribution in [3.8, 4) is 0 Å². The first-order valence-electron chi connectivity index (χ1n) is 6.23. The molecule has 20 heavy (non-hydrogen) atoms. The quantitative estimate of drug-likeness (QED) is 0.768. The molecule has 0 aromatic heterocycles. The van der Waals surface area contributed by atoms with E-state index in [2.05, 4.69) is 10.0 Å². The van der Waals surface area contributed by atoms with E-state index < -0.39 is 22.0 Å². The van der Waals surface area contributed by atoms with Crippen LogP contribution in [-0.4, -0.2) is 40.1 Å². The number of carbonyl (C=O) groups excluding carboxylic acids is 1. The van der Waals surface area contributed by atoms with Crippen LogP contribution in [0.15, 0.2) is 35.2 Å². The van der Waals surface area contributed by atoms with Crippen molar-refractivity contribution in [1.82, 2.24) is 10.0 Å². The number of amides is 1. The molecule has 7 heteroatoms. The van der Waals surface area contributed by atoms with E-state index in [0.717, 1.165) is 0 Å². The van der Waals surface area contributed by atoms with Gasteiger partial charge in [-0.2, -0.15) is 4.72 Å². The second-order valence-corrected chi connectivity index (χ2v) is 6.23. The van der Waals surface area contributed by atoms with Gasteiger partial charge in [-0.1, -0.05) is 18.2 Å². The molecule has 0 aliphatic rings. The number of carbonyl (C=O) groups is 1. The standard InChI is InChI=1S/C13H20N2O4S/c1-10(9-19-3)14-13(16)11(2)15-20(17,18)12-7-5-4-6-8-12/h4-8,10-11,15H,9H2,1-3H3,(H,14,16)/t10-,11-/m0/s1. The largest absolute Gasteiger partial charge is 0.383 e. The van der Waals surface area contributed by atoms with Crippen LogP contribution >= 0.6 is 0 Å². The molecule has 0 unspecified atom stereocenters. The van der Waals surface area contributed by atoms with Crippen LogP contribution in [0.5, 0.6) is 0 Å². The Morgan fingerprint density at radius 3 is 2.40 bits per heavy atom. The summed E-state index contributed by atoms with van der Waals surface area (Å²) in [7, 11) is -2.16. The zero-order chi connectivity index (χ0) is 15.2. The molecule has 0 aliphatic heterocycles. The van der Waals surface area contributed by atoms with Crippen LogP contribution in [0.4, 0.5) is 0 Å². The van der Waals surface area contributed by atoms with E-state index in [-0.39, 0.29) is 10.9 Å². The average Bonchev–Trinajstić information content (AvgIpc) is 2.39. The molecule has 2 atom stereocenters. The van der Waals surface area contributed by atoms with Crippen molar-refractivity contribution in [3.63, 3.8) is 0 Å². The van der Waals surface area contributed by atoms with Crippen molar-refractivity contribution in [2.24, 2.45) is 0 Å². The smallest absolute Gasteiger partial charge is 0.241 e. The molecule has 2 N–H and O–H groups in total. The Morgan fingerprint density at radius 2 is 1.85 bits per heavy atom. The molecule has 0 saturated carbocycles. The van der Waals surface area contributed by atoms with Gasteiger partial charge in [-0.05, 0) is 26.0 Å². The van der Waals surface area contributed by atoms with Crippen LogP contribution in [0, 0.1) is 0 Å². The van der Waals surface area contributed by atoms with Gasteiger partial charge >= 0.3 is 0 Å². The van der Waals surface area contributed by atoms with E-state index in [9.17, 15) is 13.2 Å². The van der Waals surface area contributed by atoms with Gasteiger partial charge in [-0.3, -0.25) is 4.79 Å². The molecule has 0 heterocycles. The Morgan fingerprint density at radius 1 is 1.25 bits per heavy atom. The van der Waals surface area contributed by atoms with Gasteiger partial charge in [0.1, 0.15) is 0 Å². The number of ether oxygens (including phenoxy) is 1. The predicted molar refractivity (Wildman–Crippen MR) is 75.7 cm³/mol. The van der Waals surface area contributed by atoms with Crippen molar-refractivity contribution in [2.75, 3.05) is 13.7 Å². The lowest BCUT2D eigenvalue weighted by Crippen LogP contribution is -2.48. The average molecular weight is 300 g/mol. The maximum Gasteiger partial charge on any atom is 0.241 e. The number of hydrogen-bond acceptors (Lipinski definition) is 4. The van der Waals surface area contributed by atoms with Gasteiger partial charge in [-0.25, -0.2) is 8.42 Å². The summed E-state index contributed by atoms with van der Waals surface area (Å²) in [6, 6.07) is 6.87. The molecule has 0 aliphatic carbocycles. The SMILES string of the molecule is COC[C@H](C)NC(=O)[C@H](C)NS(=O)(=O)c1ccccc1. The monoisotopic (exact) mass is 300 g/mol. The summed E-state index contributed by atoms with van der Waals surface area (Å²) in [5, 5.41) is 2.66. The van der Waals surface area contributed by atoms with Crippen molar-refractivity contribution in [3.05, 3.63) is 30.3 Å². The lowest BCUT2D eigenvalue weighted by Gasteiger charge is -2.18. The number of nitrogens with one attached hydrogen (secondary N) is 2. The number of sulfonamides is 1. The Balaban J connectivity index is 2.66. The van der Waals surface area contributed by atoms with Gasteiger partial charge in [0, 0.05) is 13.2 Å². The Labute approximate surface area is 119 Å². The molecule has 0 spiro atoms. The normalized spacial score (nSPS) is 14.6. The summed E-state index contributed by atoms with van der Waals surface area (Å²) in [5.41, 5.74) is 0. The van der Waals surface area contributed by atoms with Gasteiger partial charge in [0.05, 0.1) is 17.5 Å². The topological polar surface area (TPSA) is 84.5 Å². The van der Waals surface area contributed by atoms with Crippen LogP contribution in [0.25, 0.3) is 0 Å². The third-order valence-electron chi connectivity index (χ3n) is 2.58. The molecular formula is C13H20N2O4S. The van der Waals surface area contributed by atoms with Crippen LogP contribution < -0.4 is 10.0 Å². The summed E-state index contributed by atoms with van der Waals surface area (Å²) in [5.74, 6) is -0.394. The van der Waals surface area contributed by atoms with Crippen LogP contribution in [0.2, 0.25) is 0 Å². The highest BCUT2D eigenvalue weighted by atomic mass is 32.2. The Kier molecular flexibility index (Phi) is 6.12. The van der Waals surface area contributed by atoms with E-state index in [0.29, 0.717) is 6.61 Å². The number of methoxy groups -OCH3 is 1. The van der Waals surface area contributed by atoms with Gasteiger partial charge in [0.25, 0.3) is 0 Å². The zero-order valence-electron chi connectivity index (χ0n) is 11.8. The van der Waals surface area contributed by atoms with Crippen molar-refractivity contribution in [2.45, 2.75) is 30.8 Å². The lowest BCUT2D eigenvalue weighted by molar-refractivity contribution is -0.123. The predicted octanol–water partition coefficient (Wildman–Crippen LogP) is 0.504. The van der Waals surface area contributed by atoms with Crippen molar-refractivity contribution >= 4 is 15.9 Å². The minimum absolute atomic E-state index is 0.129. The third kappa shape index (κ3) is 4.92. The van der Waals surface area contributed by atoms with E-state index >= 15 is 0 Å². The van der Waals surface area contributed by atoms with Gasteiger partial charge < -0.3 is 10.1 Å². The zero-order valence-corrected chi connectivity index (χ0v) is 12.6. The number of rotatable bonds is 7. The van der Waals surface area contributed by atoms with Gasteiger partial charge in [-0.15, -0.1) is 0 Å². The second kappa shape index (κ2) is 7.37. The Hall–Kier alpha value is -1.44. The molecule has 1 rings (SSSR count). The molecular weight excluding hydrogens is 280 g/mol. The summed E-state index contributed by atoms with van der Waals surface area (Å²) >= 11 is 0. The molecule has 0 bridgehead atoms. The number of benzene rings is 1. The molecule has 0 fully saturated rings. The van der Waals surface area contributed by atoms with Crippen molar-refractivity contribution in [1.29, 1.82) is 0 Å². The third-order valence-corrected chi connectivity index (χ3v) is 4.14. The van der Waals surface area contributed by atoms with E-state index in [1.54, 1.807) is 25.1 Å². The minimum Gasteiger partial charge on any atom is -0.383 e. The molecule has 0 radical (unpaired) electrons. The molecule has 0 saturated heterocycles. The summed E-state index contributed by atoms with van der Waals surface area (Å²) in [4.78, 5) is 12.0. The van der Waals surface area contributed by atoms with Crippen LogP contribution in [0.3, 0.4) is 0 Å². The van der Waals surface area contributed by atoms with Gasteiger partial charge in [0.2, 0.25) is 15.9 Å². The van der Waals surface area contributed by atoms with Crippen LogP contribution in [0.1, 0.15) is 13.8 Å². The molecule has 1 amide bonds. The number of hydrogen-bond donors (Lipinski definition) is 2. The van der Waals surface area contributed by atoms with E-state index in [1.807, 2.05) is 0 Å². The molecule has 1 aromatic rings. The van der Waals surface area contributed by atoms with E-state index in [1.165, 1.54) is 26.2 Å². The highest BCUT2D eigenvalue weighted by molar-refractivity contribution is 7.89. The fraction of sp³-hybridized carbons (Fsp3) is 0.462. The molecule has 112 valence electrons. The lowest BCUT2D eigenvalue weighted by atomic mass is 10.3. The fourth-order valence-electron chi connectivity index (χ4n) is 1.61. The maximum absolute atomic E-state index is 12.0. The first kappa shape index (κ1) is 16.6. The van der Waals surface area contributed by atoms with Crippen LogP contribution in [-0.2, 0) is 19.6 Å². The van der Waals surface area contributed by atoms with Crippen molar-refractivity contribution < 1.29 is 17.9 Å². The summed E-state index contributed by atoms with van der Waals surface area (Å²) in [6.45, 7) is 3.64. The molecule has 1 aromatic carbocycles. The van der Waals surface area contributed by atoms with Gasteiger partial charge in [0.15, 0.2) is 0 Å². The Bertz CT molecular complexity index is 531. The first-order chi connectivity index (χ1) is 9.36. The second-order valence-electron chi connectivity index (χ2n) is 4.52. The maximum atomic E-state index is 12.0. The highest BCUT2D eigenvalue weighted by Crippen LogP contribution is 2.07. The highest BCUT2D eigenvalue weighted by Gasteiger charge is 2.22. The molecule has 6 nitrogen and oxygen atoms in total.